The van der Waals surface area contributed by atoms with Gasteiger partial charge in [-0.05, 0) is 49.1 Å². The Kier molecular flexibility index (Phi) is 5.49. The van der Waals surface area contributed by atoms with Crippen molar-refractivity contribution in [1.82, 2.24) is 4.90 Å². The molecular weight excluding hydrogens is 302 g/mol. The van der Waals surface area contributed by atoms with Crippen LogP contribution in [-0.2, 0) is 11.2 Å². The molecule has 1 aliphatic heterocycles. The Bertz CT molecular complexity index is 654. The highest BCUT2D eigenvalue weighted by atomic mass is 16.5. The van der Waals surface area contributed by atoms with Crippen LogP contribution in [0.25, 0.3) is 0 Å². The van der Waals surface area contributed by atoms with Crippen LogP contribution in [0.3, 0.4) is 0 Å². The number of aliphatic carboxylic acids is 1. The molecule has 4 nitrogen and oxygen atoms in total. The average Bonchev–Trinajstić information content (AvgIpc) is 3.01. The Morgan fingerprint density at radius 1 is 1.08 bits per heavy atom. The first-order chi connectivity index (χ1) is 11.7. The molecule has 0 spiro atoms. The number of benzene rings is 2. The molecule has 0 unspecified atom stereocenters. The van der Waals surface area contributed by atoms with Crippen LogP contribution in [0.4, 0.5) is 0 Å². The molecule has 4 heteroatoms. The molecule has 0 bridgehead atoms. The second kappa shape index (κ2) is 7.97. The van der Waals surface area contributed by atoms with Crippen molar-refractivity contribution < 1.29 is 14.6 Å². The zero-order valence-corrected chi connectivity index (χ0v) is 13.7. The fourth-order valence-corrected chi connectivity index (χ4v) is 3.19. The highest BCUT2D eigenvalue weighted by Gasteiger charge is 2.26. The van der Waals surface area contributed by atoms with Crippen molar-refractivity contribution in [2.75, 3.05) is 19.7 Å². The van der Waals surface area contributed by atoms with Gasteiger partial charge in [0.1, 0.15) is 12.4 Å². The maximum Gasteiger partial charge on any atom is 0.317 e. The average molecular weight is 325 g/mol. The summed E-state index contributed by atoms with van der Waals surface area (Å²) in [6, 6.07) is 18.8. The number of carbonyl (C=O) groups is 1. The summed E-state index contributed by atoms with van der Waals surface area (Å²) in [7, 11) is 0. The second-order valence-electron chi connectivity index (χ2n) is 6.28. The molecule has 24 heavy (non-hydrogen) atoms. The topological polar surface area (TPSA) is 49.8 Å². The maximum atomic E-state index is 10.9. The number of likely N-dealkylation sites (tertiary alicyclic amines) is 1. The number of hydrogen-bond acceptors (Lipinski definition) is 3. The van der Waals surface area contributed by atoms with Crippen molar-refractivity contribution in [2.24, 2.45) is 0 Å². The van der Waals surface area contributed by atoms with E-state index in [1.807, 2.05) is 23.1 Å². The molecule has 0 aromatic heterocycles. The Labute approximate surface area is 142 Å². The van der Waals surface area contributed by atoms with Crippen LogP contribution in [0.2, 0.25) is 0 Å². The van der Waals surface area contributed by atoms with Gasteiger partial charge in [0, 0.05) is 6.04 Å². The van der Waals surface area contributed by atoms with Gasteiger partial charge in [0.25, 0.3) is 0 Å². The van der Waals surface area contributed by atoms with Gasteiger partial charge in [0.05, 0.1) is 6.54 Å². The minimum Gasteiger partial charge on any atom is -0.492 e. The van der Waals surface area contributed by atoms with E-state index in [0.29, 0.717) is 6.61 Å². The predicted octanol–water partition coefficient (Wildman–Crippen LogP) is 3.21. The number of rotatable bonds is 7. The van der Waals surface area contributed by atoms with E-state index >= 15 is 0 Å². The molecule has 126 valence electrons. The summed E-state index contributed by atoms with van der Waals surface area (Å²) in [6.45, 7) is 1.49. The minimum absolute atomic E-state index is 0.101. The molecule has 0 radical (unpaired) electrons. The van der Waals surface area contributed by atoms with Gasteiger partial charge in [-0.2, -0.15) is 0 Å². The van der Waals surface area contributed by atoms with Gasteiger partial charge >= 0.3 is 5.97 Å². The van der Waals surface area contributed by atoms with Gasteiger partial charge < -0.3 is 9.84 Å². The van der Waals surface area contributed by atoms with Crippen LogP contribution in [0.1, 0.15) is 24.0 Å². The Morgan fingerprint density at radius 3 is 2.50 bits per heavy atom. The predicted molar refractivity (Wildman–Crippen MR) is 93.4 cm³/mol. The number of carboxylic acid groups (broad SMARTS) is 1. The van der Waals surface area contributed by atoms with Crippen molar-refractivity contribution in [2.45, 2.75) is 25.3 Å². The van der Waals surface area contributed by atoms with E-state index < -0.39 is 5.97 Å². The minimum atomic E-state index is -0.771. The number of hydrogen-bond donors (Lipinski definition) is 1. The largest absolute Gasteiger partial charge is 0.492 e. The third-order valence-electron chi connectivity index (χ3n) is 4.45. The SMILES string of the molecule is O=C(O)CN1CCC[C@H]1COc1ccc(Cc2ccccc2)cc1. The van der Waals surface area contributed by atoms with Crippen LogP contribution in [0.5, 0.6) is 5.75 Å². The number of nitrogens with zero attached hydrogens (tertiary/aromatic N) is 1. The molecular formula is C20H23NO3. The number of ether oxygens (including phenoxy) is 1. The van der Waals surface area contributed by atoms with E-state index in [-0.39, 0.29) is 12.6 Å². The highest BCUT2D eigenvalue weighted by Crippen LogP contribution is 2.20. The third-order valence-corrected chi connectivity index (χ3v) is 4.45. The standard InChI is InChI=1S/C20H23NO3/c22-20(23)14-21-12-4-7-18(21)15-24-19-10-8-17(9-11-19)13-16-5-2-1-3-6-16/h1-3,5-6,8-11,18H,4,7,12-15H2,(H,22,23)/t18-/m0/s1. The van der Waals surface area contributed by atoms with Crippen molar-refractivity contribution in [3.05, 3.63) is 65.7 Å². The summed E-state index contributed by atoms with van der Waals surface area (Å²) in [4.78, 5) is 12.9. The van der Waals surface area contributed by atoms with Crippen LogP contribution in [0, 0.1) is 0 Å². The van der Waals surface area contributed by atoms with Crippen molar-refractivity contribution >= 4 is 5.97 Å². The zero-order valence-electron chi connectivity index (χ0n) is 13.7. The van der Waals surface area contributed by atoms with Crippen LogP contribution in [0.15, 0.2) is 54.6 Å². The van der Waals surface area contributed by atoms with Gasteiger partial charge in [0.15, 0.2) is 0 Å². The summed E-state index contributed by atoms with van der Waals surface area (Å²) in [5.41, 5.74) is 2.54. The van der Waals surface area contributed by atoms with Gasteiger partial charge in [-0.25, -0.2) is 0 Å². The first-order valence-corrected chi connectivity index (χ1v) is 8.42. The summed E-state index contributed by atoms with van der Waals surface area (Å²) in [6.07, 6.45) is 2.95. The summed E-state index contributed by atoms with van der Waals surface area (Å²) in [5, 5.41) is 8.95. The Morgan fingerprint density at radius 2 is 1.79 bits per heavy atom. The summed E-state index contributed by atoms with van der Waals surface area (Å²) in [5.74, 6) is 0.0705. The van der Waals surface area contributed by atoms with Crippen LogP contribution >= 0.6 is 0 Å². The van der Waals surface area contributed by atoms with E-state index in [2.05, 4.69) is 36.4 Å². The molecule has 2 aromatic rings. The van der Waals surface area contributed by atoms with Crippen molar-refractivity contribution in [3.63, 3.8) is 0 Å². The number of carboxylic acids is 1. The van der Waals surface area contributed by atoms with Gasteiger partial charge in [-0.15, -0.1) is 0 Å². The van der Waals surface area contributed by atoms with E-state index in [1.54, 1.807) is 0 Å². The molecule has 1 N–H and O–H groups in total. The van der Waals surface area contributed by atoms with Crippen molar-refractivity contribution in [3.8, 4) is 5.75 Å². The molecule has 1 fully saturated rings. The molecule has 0 aliphatic carbocycles. The zero-order chi connectivity index (χ0) is 16.8. The fraction of sp³-hybridized carbons (Fsp3) is 0.350. The Hall–Kier alpha value is -2.33. The van der Waals surface area contributed by atoms with E-state index in [1.165, 1.54) is 11.1 Å². The Balaban J connectivity index is 1.52. The lowest BCUT2D eigenvalue weighted by Gasteiger charge is -2.22. The quantitative estimate of drug-likeness (QED) is 0.849. The lowest BCUT2D eigenvalue weighted by molar-refractivity contribution is -0.138. The lowest BCUT2D eigenvalue weighted by atomic mass is 10.1. The van der Waals surface area contributed by atoms with E-state index in [0.717, 1.165) is 31.6 Å². The van der Waals surface area contributed by atoms with E-state index in [4.69, 9.17) is 9.84 Å². The van der Waals surface area contributed by atoms with Crippen molar-refractivity contribution in [1.29, 1.82) is 0 Å². The normalized spacial score (nSPS) is 17.8. The van der Waals surface area contributed by atoms with Crippen LogP contribution in [-0.4, -0.2) is 41.7 Å². The summed E-state index contributed by atoms with van der Waals surface area (Å²) < 4.78 is 5.87. The first-order valence-electron chi connectivity index (χ1n) is 8.42. The molecule has 1 atom stereocenters. The van der Waals surface area contributed by atoms with Crippen LogP contribution < -0.4 is 4.74 Å². The first kappa shape index (κ1) is 16.5. The van der Waals surface area contributed by atoms with E-state index in [9.17, 15) is 4.79 Å². The third kappa shape index (κ3) is 4.59. The molecule has 1 heterocycles. The second-order valence-corrected chi connectivity index (χ2v) is 6.28. The molecule has 3 rings (SSSR count). The lowest BCUT2D eigenvalue weighted by Crippen LogP contribution is -2.37. The fourth-order valence-electron chi connectivity index (χ4n) is 3.19. The monoisotopic (exact) mass is 325 g/mol. The maximum absolute atomic E-state index is 10.9. The molecule has 0 saturated carbocycles. The van der Waals surface area contributed by atoms with Gasteiger partial charge in [-0.3, -0.25) is 9.69 Å². The summed E-state index contributed by atoms with van der Waals surface area (Å²) >= 11 is 0. The molecule has 0 amide bonds. The van der Waals surface area contributed by atoms with Gasteiger partial charge in [0.2, 0.25) is 0 Å². The molecule has 2 aromatic carbocycles. The van der Waals surface area contributed by atoms with Gasteiger partial charge in [-0.1, -0.05) is 42.5 Å². The highest BCUT2D eigenvalue weighted by molar-refractivity contribution is 5.69. The molecule has 1 saturated heterocycles. The smallest absolute Gasteiger partial charge is 0.317 e. The molecule has 1 aliphatic rings.